The van der Waals surface area contributed by atoms with E-state index >= 15 is 0 Å². The topological polar surface area (TPSA) is 37.3 Å². The molecule has 0 aromatic heterocycles. The van der Waals surface area contributed by atoms with E-state index in [1.165, 1.54) is 12.1 Å². The molecule has 1 atom stereocenters. The first-order valence-electron chi connectivity index (χ1n) is 6.93. The van der Waals surface area contributed by atoms with Gasteiger partial charge in [-0.05, 0) is 29.8 Å². The standard InChI is InChI=1S/C17H9Cl3F4O2/c18-12-5-8(6-13(19)15(12)20)11(17(22,23)24)7-14(21)9-3-1-2-4-10(9)16(25)26/h1-7,11H,(H,25,26). The van der Waals surface area contributed by atoms with E-state index in [1.54, 1.807) is 0 Å². The molecule has 1 N–H and O–H groups in total. The Morgan fingerprint density at radius 3 is 2.00 bits per heavy atom. The molecule has 0 aliphatic rings. The molecule has 0 heterocycles. The second kappa shape index (κ2) is 7.86. The number of aromatic carboxylic acids is 1. The minimum absolute atomic E-state index is 0.126. The number of hydrogen-bond donors (Lipinski definition) is 1. The summed E-state index contributed by atoms with van der Waals surface area (Å²) in [6, 6.07) is 6.67. The van der Waals surface area contributed by atoms with E-state index < -0.39 is 40.6 Å². The summed E-state index contributed by atoms with van der Waals surface area (Å²) in [5.41, 5.74) is -1.37. The Labute approximate surface area is 160 Å². The van der Waals surface area contributed by atoms with Crippen molar-refractivity contribution in [3.8, 4) is 0 Å². The maximum Gasteiger partial charge on any atom is 0.399 e. The van der Waals surface area contributed by atoms with Gasteiger partial charge in [-0.2, -0.15) is 13.2 Å². The van der Waals surface area contributed by atoms with Crippen molar-refractivity contribution >= 4 is 46.6 Å². The summed E-state index contributed by atoms with van der Waals surface area (Å²) in [5, 5.41) is 8.50. The van der Waals surface area contributed by atoms with Crippen LogP contribution in [0.1, 0.15) is 27.4 Å². The Morgan fingerprint density at radius 1 is 1.04 bits per heavy atom. The number of carboxylic acids is 1. The number of benzene rings is 2. The fraction of sp³-hybridized carbons (Fsp3) is 0.118. The van der Waals surface area contributed by atoms with E-state index in [0.29, 0.717) is 0 Å². The zero-order valence-electron chi connectivity index (χ0n) is 12.6. The van der Waals surface area contributed by atoms with E-state index in [4.69, 9.17) is 39.9 Å². The van der Waals surface area contributed by atoms with Gasteiger partial charge in [0.1, 0.15) is 11.7 Å². The highest BCUT2D eigenvalue weighted by Crippen LogP contribution is 2.42. The van der Waals surface area contributed by atoms with E-state index in [0.717, 1.165) is 24.3 Å². The van der Waals surface area contributed by atoms with Crippen LogP contribution in [0.25, 0.3) is 5.83 Å². The Kier molecular flexibility index (Phi) is 6.21. The highest BCUT2D eigenvalue weighted by atomic mass is 35.5. The third kappa shape index (κ3) is 4.50. The number of carbonyl (C=O) groups is 1. The van der Waals surface area contributed by atoms with Gasteiger partial charge in [-0.3, -0.25) is 0 Å². The lowest BCUT2D eigenvalue weighted by Gasteiger charge is -2.19. The van der Waals surface area contributed by atoms with Crippen LogP contribution in [0.5, 0.6) is 0 Å². The summed E-state index contributed by atoms with van der Waals surface area (Å²) in [6.45, 7) is 0. The molecule has 0 saturated carbocycles. The van der Waals surface area contributed by atoms with Crippen LogP contribution in [0, 0.1) is 0 Å². The monoisotopic (exact) mass is 426 g/mol. The minimum atomic E-state index is -4.88. The summed E-state index contributed by atoms with van der Waals surface area (Å²) in [6.07, 6.45) is -4.60. The molecule has 26 heavy (non-hydrogen) atoms. The zero-order valence-corrected chi connectivity index (χ0v) is 14.9. The predicted octanol–water partition coefficient (Wildman–Crippen LogP) is 7.00. The quantitative estimate of drug-likeness (QED) is 0.421. The largest absolute Gasteiger partial charge is 0.478 e. The Hall–Kier alpha value is -1.76. The van der Waals surface area contributed by atoms with E-state index in [2.05, 4.69) is 0 Å². The molecule has 138 valence electrons. The van der Waals surface area contributed by atoms with Crippen LogP contribution in [-0.4, -0.2) is 17.3 Å². The summed E-state index contributed by atoms with van der Waals surface area (Å²) in [7, 11) is 0. The molecule has 2 aromatic rings. The first-order valence-corrected chi connectivity index (χ1v) is 8.07. The Bertz CT molecular complexity index is 856. The molecule has 0 aliphatic heterocycles. The van der Waals surface area contributed by atoms with E-state index in [1.807, 2.05) is 0 Å². The van der Waals surface area contributed by atoms with Crippen molar-refractivity contribution in [2.45, 2.75) is 12.1 Å². The molecular weight excluding hydrogens is 419 g/mol. The fourth-order valence-corrected chi connectivity index (χ4v) is 2.86. The summed E-state index contributed by atoms with van der Waals surface area (Å²) in [5.74, 6) is -5.21. The van der Waals surface area contributed by atoms with E-state index in [-0.39, 0.29) is 21.1 Å². The van der Waals surface area contributed by atoms with Gasteiger partial charge in [0.15, 0.2) is 0 Å². The number of rotatable bonds is 4. The number of hydrogen-bond acceptors (Lipinski definition) is 1. The molecular formula is C17H9Cl3F4O2. The van der Waals surface area contributed by atoms with Gasteiger partial charge in [0.2, 0.25) is 0 Å². The van der Waals surface area contributed by atoms with Crippen molar-refractivity contribution in [1.29, 1.82) is 0 Å². The number of halogens is 7. The molecule has 2 aromatic carbocycles. The second-order valence-corrected chi connectivity index (χ2v) is 6.38. The third-order valence-corrected chi connectivity index (χ3v) is 4.64. The summed E-state index contributed by atoms with van der Waals surface area (Å²) in [4.78, 5) is 11.1. The number of carboxylic acid groups (broad SMARTS) is 1. The molecule has 0 spiro atoms. The molecule has 0 bridgehead atoms. The molecule has 1 unspecified atom stereocenters. The third-order valence-electron chi connectivity index (χ3n) is 3.45. The van der Waals surface area contributed by atoms with Gasteiger partial charge in [-0.25, -0.2) is 9.18 Å². The van der Waals surface area contributed by atoms with Crippen LogP contribution in [0.15, 0.2) is 42.5 Å². The van der Waals surface area contributed by atoms with Crippen LogP contribution in [0.4, 0.5) is 17.6 Å². The van der Waals surface area contributed by atoms with Gasteiger partial charge >= 0.3 is 12.1 Å². The number of allylic oxidation sites excluding steroid dienone is 1. The molecule has 0 aliphatic carbocycles. The van der Waals surface area contributed by atoms with Crippen molar-refractivity contribution in [3.63, 3.8) is 0 Å². The van der Waals surface area contributed by atoms with Gasteiger partial charge in [0.05, 0.1) is 20.6 Å². The molecule has 0 saturated heterocycles. The lowest BCUT2D eigenvalue weighted by atomic mass is 9.95. The average Bonchev–Trinajstić information content (AvgIpc) is 2.55. The predicted molar refractivity (Wildman–Crippen MR) is 92.8 cm³/mol. The van der Waals surface area contributed by atoms with E-state index in [9.17, 15) is 22.4 Å². The van der Waals surface area contributed by atoms with Crippen LogP contribution >= 0.6 is 34.8 Å². The maximum atomic E-state index is 14.5. The van der Waals surface area contributed by atoms with Gasteiger partial charge in [-0.1, -0.05) is 53.0 Å². The smallest absolute Gasteiger partial charge is 0.399 e. The van der Waals surface area contributed by atoms with Crippen molar-refractivity contribution in [1.82, 2.24) is 0 Å². The molecule has 0 amide bonds. The van der Waals surface area contributed by atoms with Gasteiger partial charge in [-0.15, -0.1) is 0 Å². The molecule has 2 rings (SSSR count). The van der Waals surface area contributed by atoms with Gasteiger partial charge in [0.25, 0.3) is 0 Å². The zero-order chi connectivity index (χ0) is 19.6. The average molecular weight is 428 g/mol. The SMILES string of the molecule is O=C(O)c1ccccc1C(F)=CC(c1cc(Cl)c(Cl)c(Cl)c1)C(F)(F)F. The van der Waals surface area contributed by atoms with Gasteiger partial charge in [0, 0.05) is 5.56 Å². The summed E-state index contributed by atoms with van der Waals surface area (Å²) < 4.78 is 54.9. The Balaban J connectivity index is 2.60. The number of alkyl halides is 3. The normalized spacial score (nSPS) is 13.6. The van der Waals surface area contributed by atoms with Crippen LogP contribution in [0.3, 0.4) is 0 Å². The van der Waals surface area contributed by atoms with Gasteiger partial charge < -0.3 is 5.11 Å². The minimum Gasteiger partial charge on any atom is -0.478 e. The molecule has 0 radical (unpaired) electrons. The van der Waals surface area contributed by atoms with Crippen LogP contribution in [0.2, 0.25) is 15.1 Å². The Morgan fingerprint density at radius 2 is 1.54 bits per heavy atom. The maximum absolute atomic E-state index is 14.5. The van der Waals surface area contributed by atoms with Crippen molar-refractivity contribution < 1.29 is 27.5 Å². The highest BCUT2D eigenvalue weighted by Gasteiger charge is 2.40. The second-order valence-electron chi connectivity index (χ2n) is 5.18. The molecule has 2 nitrogen and oxygen atoms in total. The highest BCUT2D eigenvalue weighted by molar-refractivity contribution is 6.48. The summed E-state index contributed by atoms with van der Waals surface area (Å²) >= 11 is 17.2. The van der Waals surface area contributed by atoms with Crippen molar-refractivity contribution in [3.05, 3.63) is 74.2 Å². The van der Waals surface area contributed by atoms with Crippen LogP contribution in [-0.2, 0) is 0 Å². The van der Waals surface area contributed by atoms with Crippen molar-refractivity contribution in [2.75, 3.05) is 0 Å². The fourth-order valence-electron chi connectivity index (χ4n) is 2.25. The first-order chi connectivity index (χ1) is 12.0. The lowest BCUT2D eigenvalue weighted by Crippen LogP contribution is -2.19. The first kappa shape index (κ1) is 20.6. The molecule has 0 fully saturated rings. The molecule has 9 heteroatoms. The van der Waals surface area contributed by atoms with Crippen molar-refractivity contribution in [2.24, 2.45) is 0 Å². The lowest BCUT2D eigenvalue weighted by molar-refractivity contribution is -0.139. The van der Waals surface area contributed by atoms with Crippen LogP contribution < -0.4 is 0 Å².